The van der Waals surface area contributed by atoms with Crippen molar-refractivity contribution in [3.63, 3.8) is 0 Å². The third-order valence-corrected chi connectivity index (χ3v) is 7.49. The molecule has 0 unspecified atom stereocenters. The van der Waals surface area contributed by atoms with Crippen LogP contribution in [0, 0.1) is 13.8 Å². The van der Waals surface area contributed by atoms with Gasteiger partial charge >= 0.3 is 0 Å². The van der Waals surface area contributed by atoms with Crippen LogP contribution in [0.4, 0.5) is 0 Å². The topological polar surface area (TPSA) is 84.3 Å². The number of aromatic nitrogens is 2. The number of nitrogens with zero attached hydrogens (tertiary/aromatic N) is 3. The molecule has 0 atom stereocenters. The van der Waals surface area contributed by atoms with Crippen LogP contribution in [0.3, 0.4) is 0 Å². The Balaban J connectivity index is 1.64. The van der Waals surface area contributed by atoms with Gasteiger partial charge in [0.25, 0.3) is 0 Å². The molecule has 2 aromatic rings. The highest BCUT2D eigenvalue weighted by molar-refractivity contribution is 7.88. The average molecular weight is 485 g/mol. The van der Waals surface area contributed by atoms with Gasteiger partial charge in [0.1, 0.15) is 0 Å². The Bertz CT molecular complexity index is 1080. The fourth-order valence-corrected chi connectivity index (χ4v) is 5.07. The first kappa shape index (κ1) is 23.8. The third-order valence-electron chi connectivity index (χ3n) is 5.48. The summed E-state index contributed by atoms with van der Waals surface area (Å²) in [5, 5.41) is 8.68. The molecule has 1 aliphatic heterocycles. The number of benzene rings is 1. The molecule has 1 fully saturated rings. The van der Waals surface area contributed by atoms with Gasteiger partial charge in [0, 0.05) is 52.1 Å². The normalized spacial score (nSPS) is 16.2. The first-order chi connectivity index (χ1) is 14.6. The van der Waals surface area contributed by atoms with Crippen molar-refractivity contribution in [3.05, 3.63) is 56.8 Å². The Morgan fingerprint density at radius 2 is 1.84 bits per heavy atom. The summed E-state index contributed by atoms with van der Waals surface area (Å²) < 4.78 is 26.5. The second kappa shape index (κ2) is 9.73. The number of carbonyl (C=O) groups is 1. The van der Waals surface area contributed by atoms with Crippen LogP contribution in [-0.4, -0.2) is 53.8 Å². The lowest BCUT2D eigenvalue weighted by Gasteiger charge is -2.30. The average Bonchev–Trinajstić information content (AvgIpc) is 2.96. The molecule has 0 aliphatic carbocycles. The van der Waals surface area contributed by atoms with Gasteiger partial charge in [0.05, 0.1) is 18.5 Å². The largest absolute Gasteiger partial charge is 0.350 e. The monoisotopic (exact) mass is 484 g/mol. The highest BCUT2D eigenvalue weighted by Gasteiger charge is 2.25. The highest BCUT2D eigenvalue weighted by atomic mass is 35.5. The number of halogens is 2. The van der Waals surface area contributed by atoms with Gasteiger partial charge in [-0.3, -0.25) is 9.48 Å². The van der Waals surface area contributed by atoms with Crippen LogP contribution in [0.1, 0.15) is 35.4 Å². The van der Waals surface area contributed by atoms with E-state index < -0.39 is 10.0 Å². The Hall–Kier alpha value is -1.87. The van der Waals surface area contributed by atoms with Crippen molar-refractivity contribution >= 4 is 45.2 Å². The predicted octanol–water partition coefficient (Wildman–Crippen LogP) is 3.41. The number of piperidine rings is 1. The molecule has 1 aromatic heterocycles. The van der Waals surface area contributed by atoms with E-state index in [-0.39, 0.29) is 11.9 Å². The van der Waals surface area contributed by atoms with Crippen molar-refractivity contribution in [1.82, 2.24) is 19.4 Å². The van der Waals surface area contributed by atoms with Gasteiger partial charge in [-0.05, 0) is 44.9 Å². The Morgan fingerprint density at radius 1 is 1.23 bits per heavy atom. The quantitative estimate of drug-likeness (QED) is 0.636. The summed E-state index contributed by atoms with van der Waals surface area (Å²) in [6.45, 7) is 5.09. The zero-order valence-corrected chi connectivity index (χ0v) is 20.1. The molecule has 0 radical (unpaired) electrons. The fraction of sp³-hybridized carbons (Fsp3) is 0.429. The van der Waals surface area contributed by atoms with Crippen LogP contribution >= 0.6 is 23.2 Å². The number of aryl methyl sites for hydroxylation is 1. The maximum absolute atomic E-state index is 12.4. The Kier molecular flexibility index (Phi) is 7.47. The molecular formula is C21H26Cl2N4O3S. The first-order valence-corrected chi connectivity index (χ1v) is 12.6. The molecule has 0 spiro atoms. The van der Waals surface area contributed by atoms with Gasteiger partial charge in [-0.25, -0.2) is 12.7 Å². The van der Waals surface area contributed by atoms with Crippen LogP contribution in [0.15, 0.2) is 24.3 Å². The summed E-state index contributed by atoms with van der Waals surface area (Å²) in [4.78, 5) is 12.4. The molecule has 168 valence electrons. The maximum atomic E-state index is 12.4. The van der Waals surface area contributed by atoms with E-state index in [4.69, 9.17) is 23.2 Å². The lowest BCUT2D eigenvalue weighted by molar-refractivity contribution is -0.117. The fourth-order valence-electron chi connectivity index (χ4n) is 3.68. The molecule has 1 aromatic carbocycles. The molecule has 0 saturated carbocycles. The second-order valence-corrected chi connectivity index (χ2v) is 10.5. The van der Waals surface area contributed by atoms with Gasteiger partial charge in [-0.2, -0.15) is 5.10 Å². The van der Waals surface area contributed by atoms with Gasteiger partial charge in [0.15, 0.2) is 0 Å². The number of amides is 1. The smallest absolute Gasteiger partial charge is 0.244 e. The molecule has 1 aliphatic rings. The van der Waals surface area contributed by atoms with E-state index in [2.05, 4.69) is 10.4 Å². The van der Waals surface area contributed by atoms with E-state index in [1.54, 1.807) is 24.3 Å². The summed E-state index contributed by atoms with van der Waals surface area (Å²) in [6, 6.07) is 5.34. The molecule has 7 nitrogen and oxygen atoms in total. The zero-order chi connectivity index (χ0) is 22.8. The van der Waals surface area contributed by atoms with E-state index in [0.717, 1.165) is 22.5 Å². The summed E-state index contributed by atoms with van der Waals surface area (Å²) in [5.74, 6) is -0.210. The minimum atomic E-state index is -3.18. The number of rotatable bonds is 6. The molecule has 10 heteroatoms. The number of hydrogen-bond acceptors (Lipinski definition) is 4. The predicted molar refractivity (Wildman–Crippen MR) is 124 cm³/mol. The molecule has 1 amide bonds. The molecule has 2 heterocycles. The van der Waals surface area contributed by atoms with Gasteiger partial charge in [-0.15, -0.1) is 0 Å². The number of nitrogens with one attached hydrogen (secondary N) is 1. The molecule has 3 rings (SSSR count). The van der Waals surface area contributed by atoms with Crippen molar-refractivity contribution in [1.29, 1.82) is 0 Å². The molecule has 1 saturated heterocycles. The molecule has 0 bridgehead atoms. The van der Waals surface area contributed by atoms with Crippen LogP contribution in [-0.2, 0) is 21.4 Å². The van der Waals surface area contributed by atoms with Crippen LogP contribution < -0.4 is 5.32 Å². The van der Waals surface area contributed by atoms with Gasteiger partial charge in [-0.1, -0.05) is 29.3 Å². The minimum absolute atomic E-state index is 0.0394. The van der Waals surface area contributed by atoms with Crippen molar-refractivity contribution in [3.8, 4) is 0 Å². The van der Waals surface area contributed by atoms with Crippen LogP contribution in [0.25, 0.3) is 6.08 Å². The Labute approximate surface area is 193 Å². The molecular weight excluding hydrogens is 459 g/mol. The standard InChI is InChI=1S/C21H26Cl2N4O3S/c1-14-17(15(2)27(25-14)13-18-19(22)5-4-6-20(18)23)7-8-21(28)24-16-9-11-26(12-10-16)31(3,29)30/h4-8,16H,9-13H2,1-3H3,(H,24,28). The lowest BCUT2D eigenvalue weighted by atomic mass is 10.1. The zero-order valence-electron chi connectivity index (χ0n) is 17.7. The Morgan fingerprint density at radius 3 is 2.42 bits per heavy atom. The van der Waals surface area contributed by atoms with Crippen LogP contribution in [0.2, 0.25) is 10.0 Å². The van der Waals surface area contributed by atoms with E-state index in [9.17, 15) is 13.2 Å². The van der Waals surface area contributed by atoms with Crippen molar-refractivity contribution in [2.75, 3.05) is 19.3 Å². The summed E-state index contributed by atoms with van der Waals surface area (Å²) in [5.41, 5.74) is 3.36. The van der Waals surface area contributed by atoms with Crippen molar-refractivity contribution < 1.29 is 13.2 Å². The minimum Gasteiger partial charge on any atom is -0.350 e. The SMILES string of the molecule is Cc1nn(Cc2c(Cl)cccc2Cl)c(C)c1C=CC(=O)NC1CCN(S(C)(=O)=O)CC1. The van der Waals surface area contributed by atoms with E-state index in [1.807, 2.05) is 18.5 Å². The highest BCUT2D eigenvalue weighted by Crippen LogP contribution is 2.26. The van der Waals surface area contributed by atoms with Crippen molar-refractivity contribution in [2.45, 2.75) is 39.3 Å². The van der Waals surface area contributed by atoms with E-state index >= 15 is 0 Å². The van der Waals surface area contributed by atoms with E-state index in [1.165, 1.54) is 16.6 Å². The number of carbonyl (C=O) groups excluding carboxylic acids is 1. The van der Waals surface area contributed by atoms with Crippen molar-refractivity contribution in [2.24, 2.45) is 0 Å². The first-order valence-electron chi connectivity index (χ1n) is 9.97. The molecule has 1 N–H and O–H groups in total. The molecule has 31 heavy (non-hydrogen) atoms. The van der Waals surface area contributed by atoms with Gasteiger partial charge in [0.2, 0.25) is 15.9 Å². The summed E-state index contributed by atoms with van der Waals surface area (Å²) in [6.07, 6.45) is 5.65. The summed E-state index contributed by atoms with van der Waals surface area (Å²) >= 11 is 12.6. The van der Waals surface area contributed by atoms with Crippen LogP contribution in [0.5, 0.6) is 0 Å². The second-order valence-electron chi connectivity index (χ2n) is 7.72. The number of hydrogen-bond donors (Lipinski definition) is 1. The maximum Gasteiger partial charge on any atom is 0.244 e. The lowest BCUT2D eigenvalue weighted by Crippen LogP contribution is -2.45. The van der Waals surface area contributed by atoms with Gasteiger partial charge < -0.3 is 5.32 Å². The van der Waals surface area contributed by atoms with E-state index in [0.29, 0.717) is 42.5 Å². The third kappa shape index (κ3) is 5.88. The number of sulfonamides is 1. The summed E-state index contributed by atoms with van der Waals surface area (Å²) in [7, 11) is -3.18.